The maximum absolute atomic E-state index is 12.2. The highest BCUT2D eigenvalue weighted by molar-refractivity contribution is 7.14. The Balaban J connectivity index is 2.09. The van der Waals surface area contributed by atoms with Crippen LogP contribution in [0.5, 0.6) is 0 Å². The van der Waals surface area contributed by atoms with E-state index in [-0.39, 0.29) is 12.5 Å². The highest BCUT2D eigenvalue weighted by Crippen LogP contribution is 2.29. The maximum Gasteiger partial charge on any atom is 0.325 e. The lowest BCUT2D eigenvalue weighted by Gasteiger charge is -2.14. The van der Waals surface area contributed by atoms with Gasteiger partial charge in [0.25, 0.3) is 5.91 Å². The molecule has 2 rings (SSSR count). The van der Waals surface area contributed by atoms with Crippen LogP contribution >= 0.6 is 11.3 Å². The number of fused-ring (bicyclic) bond motifs is 1. The van der Waals surface area contributed by atoms with Crippen LogP contribution in [0.2, 0.25) is 0 Å². The van der Waals surface area contributed by atoms with Gasteiger partial charge in [-0.25, -0.2) is 0 Å². The molecular formula is C14H19NO3S. The zero-order valence-corrected chi connectivity index (χ0v) is 12.2. The molecule has 0 radical (unpaired) electrons. The lowest BCUT2D eigenvalue weighted by Crippen LogP contribution is -2.32. The second kappa shape index (κ2) is 6.19. The molecule has 5 heteroatoms. The van der Waals surface area contributed by atoms with E-state index in [0.717, 1.165) is 17.7 Å². The Hall–Kier alpha value is -1.36. The fourth-order valence-electron chi connectivity index (χ4n) is 2.29. The molecule has 1 aliphatic rings. The molecule has 0 bridgehead atoms. The van der Waals surface area contributed by atoms with E-state index in [4.69, 9.17) is 0 Å². The number of likely N-dealkylation sites (N-methyl/N-ethyl adjacent to an activating group) is 1. The van der Waals surface area contributed by atoms with E-state index in [9.17, 15) is 9.59 Å². The standard InChI is InChI=1S/C14H19NO3S/c1-15(9-13(16)18-2)14(17)12-8-10-6-4-3-5-7-11(10)19-12/h8H,3-7,9H2,1-2H3. The van der Waals surface area contributed by atoms with E-state index in [1.165, 1.54) is 41.7 Å². The molecule has 0 fully saturated rings. The number of nitrogens with zero attached hydrogens (tertiary/aromatic N) is 1. The third-order valence-corrected chi connectivity index (χ3v) is 4.62. The summed E-state index contributed by atoms with van der Waals surface area (Å²) in [4.78, 5) is 26.9. The van der Waals surface area contributed by atoms with Crippen molar-refractivity contribution in [3.8, 4) is 0 Å². The molecule has 0 unspecified atom stereocenters. The summed E-state index contributed by atoms with van der Waals surface area (Å²) >= 11 is 1.58. The number of methoxy groups -OCH3 is 1. The number of ether oxygens (including phenoxy) is 1. The number of rotatable bonds is 3. The zero-order chi connectivity index (χ0) is 13.8. The molecular weight excluding hydrogens is 262 g/mol. The first-order valence-corrected chi connectivity index (χ1v) is 7.37. The summed E-state index contributed by atoms with van der Waals surface area (Å²) in [5.41, 5.74) is 1.32. The van der Waals surface area contributed by atoms with Gasteiger partial charge in [0.2, 0.25) is 0 Å². The molecule has 1 aromatic rings. The van der Waals surface area contributed by atoms with Gasteiger partial charge < -0.3 is 9.64 Å². The summed E-state index contributed by atoms with van der Waals surface area (Å²) in [7, 11) is 2.96. The van der Waals surface area contributed by atoms with Crippen molar-refractivity contribution in [2.75, 3.05) is 20.7 Å². The first kappa shape index (κ1) is 14.1. The van der Waals surface area contributed by atoms with Crippen molar-refractivity contribution in [3.63, 3.8) is 0 Å². The van der Waals surface area contributed by atoms with Crippen LogP contribution in [0.1, 0.15) is 39.4 Å². The van der Waals surface area contributed by atoms with Gasteiger partial charge in [-0.15, -0.1) is 11.3 Å². The Morgan fingerprint density at radius 1 is 1.32 bits per heavy atom. The predicted octanol–water partition coefficient (Wildman–Crippen LogP) is 2.26. The predicted molar refractivity (Wildman–Crippen MR) is 74.6 cm³/mol. The third-order valence-electron chi connectivity index (χ3n) is 3.40. The number of hydrogen-bond acceptors (Lipinski definition) is 4. The second-order valence-electron chi connectivity index (χ2n) is 4.86. The Morgan fingerprint density at radius 3 is 2.79 bits per heavy atom. The fourth-order valence-corrected chi connectivity index (χ4v) is 3.54. The van der Waals surface area contributed by atoms with Gasteiger partial charge in [0, 0.05) is 11.9 Å². The number of carbonyl (C=O) groups excluding carboxylic acids is 2. The Labute approximate surface area is 117 Å². The van der Waals surface area contributed by atoms with E-state index >= 15 is 0 Å². The lowest BCUT2D eigenvalue weighted by molar-refractivity contribution is -0.141. The van der Waals surface area contributed by atoms with Crippen LogP contribution in [0.3, 0.4) is 0 Å². The first-order valence-electron chi connectivity index (χ1n) is 6.55. The van der Waals surface area contributed by atoms with Gasteiger partial charge in [-0.3, -0.25) is 9.59 Å². The van der Waals surface area contributed by atoms with E-state index < -0.39 is 5.97 Å². The van der Waals surface area contributed by atoms with E-state index in [1.54, 1.807) is 18.4 Å². The second-order valence-corrected chi connectivity index (χ2v) is 5.99. The molecule has 0 aliphatic heterocycles. The highest BCUT2D eigenvalue weighted by atomic mass is 32.1. The highest BCUT2D eigenvalue weighted by Gasteiger charge is 2.20. The van der Waals surface area contributed by atoms with Gasteiger partial charge in [0.15, 0.2) is 0 Å². The summed E-state index contributed by atoms with van der Waals surface area (Å²) in [5.74, 6) is -0.488. The molecule has 104 valence electrons. The summed E-state index contributed by atoms with van der Waals surface area (Å²) < 4.78 is 4.58. The first-order chi connectivity index (χ1) is 9.11. The normalized spacial score (nSPS) is 14.4. The largest absolute Gasteiger partial charge is 0.468 e. The van der Waals surface area contributed by atoms with E-state index in [2.05, 4.69) is 4.74 Å². The SMILES string of the molecule is COC(=O)CN(C)C(=O)c1cc2c(s1)CCCCC2. The van der Waals surface area contributed by atoms with Crippen LogP contribution in [0, 0.1) is 0 Å². The number of esters is 1. The number of thiophene rings is 1. The van der Waals surface area contributed by atoms with E-state index in [0.29, 0.717) is 0 Å². The molecule has 4 nitrogen and oxygen atoms in total. The molecule has 0 saturated heterocycles. The van der Waals surface area contributed by atoms with Crippen LogP contribution in [-0.2, 0) is 22.4 Å². The van der Waals surface area contributed by atoms with Crippen LogP contribution in [0.25, 0.3) is 0 Å². The minimum absolute atomic E-state index is 0.00208. The third kappa shape index (κ3) is 3.35. The molecule has 1 aromatic heterocycles. The van der Waals surface area contributed by atoms with Gasteiger partial charge in [0.05, 0.1) is 12.0 Å². The van der Waals surface area contributed by atoms with Crippen molar-refractivity contribution < 1.29 is 14.3 Å². The van der Waals surface area contributed by atoms with Crippen molar-refractivity contribution in [2.45, 2.75) is 32.1 Å². The van der Waals surface area contributed by atoms with E-state index in [1.807, 2.05) is 6.07 Å². The molecule has 0 atom stereocenters. The van der Waals surface area contributed by atoms with Gasteiger partial charge in [0.1, 0.15) is 6.54 Å². The van der Waals surface area contributed by atoms with Crippen molar-refractivity contribution in [3.05, 3.63) is 21.4 Å². The van der Waals surface area contributed by atoms with Gasteiger partial charge >= 0.3 is 5.97 Å². The van der Waals surface area contributed by atoms with Gasteiger partial charge in [-0.2, -0.15) is 0 Å². The Morgan fingerprint density at radius 2 is 2.05 bits per heavy atom. The van der Waals surface area contributed by atoms with Gasteiger partial charge in [-0.1, -0.05) is 6.42 Å². The number of amides is 1. The molecule has 1 heterocycles. The molecule has 1 aliphatic carbocycles. The Kier molecular flexibility index (Phi) is 4.58. The minimum Gasteiger partial charge on any atom is -0.468 e. The average Bonchev–Trinajstić information content (AvgIpc) is 2.68. The van der Waals surface area contributed by atoms with Crippen LogP contribution < -0.4 is 0 Å². The Bertz CT molecular complexity index is 458. The fraction of sp³-hybridized carbons (Fsp3) is 0.571. The zero-order valence-electron chi connectivity index (χ0n) is 11.4. The molecule has 1 amide bonds. The average molecular weight is 281 g/mol. The van der Waals surface area contributed by atoms with Crippen molar-refractivity contribution in [1.82, 2.24) is 4.90 Å². The van der Waals surface area contributed by atoms with Crippen molar-refractivity contribution >= 4 is 23.2 Å². The smallest absolute Gasteiger partial charge is 0.325 e. The number of hydrogen-bond donors (Lipinski definition) is 0. The molecule has 0 spiro atoms. The van der Waals surface area contributed by atoms with Crippen LogP contribution in [0.15, 0.2) is 6.07 Å². The maximum atomic E-state index is 12.2. The monoisotopic (exact) mass is 281 g/mol. The summed E-state index contributed by atoms with van der Waals surface area (Å²) in [6.07, 6.45) is 5.83. The molecule has 0 aromatic carbocycles. The number of aryl methyl sites for hydroxylation is 2. The van der Waals surface area contributed by atoms with Crippen molar-refractivity contribution in [1.29, 1.82) is 0 Å². The molecule has 0 N–H and O–H groups in total. The van der Waals surface area contributed by atoms with Crippen LogP contribution in [0.4, 0.5) is 0 Å². The quantitative estimate of drug-likeness (QED) is 0.630. The molecule has 0 saturated carbocycles. The summed E-state index contributed by atoms with van der Waals surface area (Å²) in [6.45, 7) is -0.00208. The summed E-state index contributed by atoms with van der Waals surface area (Å²) in [6, 6.07) is 2.00. The number of carbonyl (C=O) groups is 2. The molecule has 19 heavy (non-hydrogen) atoms. The summed E-state index contributed by atoms with van der Waals surface area (Å²) in [5, 5.41) is 0. The van der Waals surface area contributed by atoms with Crippen molar-refractivity contribution in [2.24, 2.45) is 0 Å². The van der Waals surface area contributed by atoms with Gasteiger partial charge in [-0.05, 0) is 37.3 Å². The minimum atomic E-state index is -0.394. The van der Waals surface area contributed by atoms with Crippen LogP contribution in [-0.4, -0.2) is 37.5 Å². The topological polar surface area (TPSA) is 46.6 Å². The lowest BCUT2D eigenvalue weighted by atomic mass is 10.1.